The van der Waals surface area contributed by atoms with Crippen molar-refractivity contribution in [2.45, 2.75) is 44.9 Å². The Morgan fingerprint density at radius 3 is 2.68 bits per heavy atom. The molecule has 0 bridgehead atoms. The molecule has 0 radical (unpaired) electrons. The minimum absolute atomic E-state index is 0.130. The van der Waals surface area contributed by atoms with E-state index < -0.39 is 16.7 Å². The van der Waals surface area contributed by atoms with Crippen LogP contribution in [0, 0.1) is 33.5 Å². The van der Waals surface area contributed by atoms with Crippen LogP contribution in [0.1, 0.15) is 50.5 Å². The van der Waals surface area contributed by atoms with Crippen molar-refractivity contribution in [3.63, 3.8) is 0 Å². The molecule has 130 valence electrons. The average Bonchev–Trinajstić information content (AvgIpc) is 2.64. The summed E-state index contributed by atoms with van der Waals surface area (Å²) in [5, 5.41) is 19.9. The molecule has 0 unspecified atom stereocenters. The van der Waals surface area contributed by atoms with E-state index in [-0.39, 0.29) is 12.2 Å². The predicted octanol–water partition coefficient (Wildman–Crippen LogP) is 4.54. The van der Waals surface area contributed by atoms with Crippen LogP contribution in [-0.4, -0.2) is 12.9 Å². The molecule has 0 N–H and O–H groups in total. The summed E-state index contributed by atoms with van der Waals surface area (Å²) in [5.74, 6) is 0.249. The Morgan fingerprint density at radius 1 is 1.40 bits per heavy atom. The molecule has 4 nitrogen and oxygen atoms in total. The van der Waals surface area contributed by atoms with Gasteiger partial charge in [-0.05, 0) is 37.0 Å². The number of rotatable bonds is 6. The number of methoxy groups -OCH3 is 1. The number of benzene rings is 1. The second-order valence-corrected chi connectivity index (χ2v) is 6.95. The zero-order valence-electron chi connectivity index (χ0n) is 14.9. The molecular formula is C21H24N2O2. The summed E-state index contributed by atoms with van der Waals surface area (Å²) >= 11 is 0. The van der Waals surface area contributed by atoms with E-state index >= 15 is 0 Å². The lowest BCUT2D eigenvalue weighted by atomic mass is 9.55. The lowest BCUT2D eigenvalue weighted by molar-refractivity contribution is -0.133. The van der Waals surface area contributed by atoms with Crippen LogP contribution < -0.4 is 4.74 Å². The van der Waals surface area contributed by atoms with Gasteiger partial charge in [0, 0.05) is 17.8 Å². The third-order valence-corrected chi connectivity index (χ3v) is 5.41. The first-order valence-electron chi connectivity index (χ1n) is 8.58. The molecule has 0 heterocycles. The standard InChI is InChI=1S/C21H24N2O2/c1-4-11-21(14-22,15-23)19(16-8-7-9-17(13-16)25-3)20(2)12-6-5-10-18(20)24/h4,7-9,13,19H,1,5-6,10-12H2,2-3H3/t19-,20-/m0/s1. The zero-order valence-corrected chi connectivity index (χ0v) is 14.9. The highest BCUT2D eigenvalue weighted by Gasteiger charge is 2.53. The summed E-state index contributed by atoms with van der Waals surface area (Å²) in [4.78, 5) is 12.9. The van der Waals surface area contributed by atoms with Crippen LogP contribution in [0.2, 0.25) is 0 Å². The first-order valence-corrected chi connectivity index (χ1v) is 8.58. The van der Waals surface area contributed by atoms with E-state index in [4.69, 9.17) is 4.74 Å². The summed E-state index contributed by atoms with van der Waals surface area (Å²) in [7, 11) is 1.58. The van der Waals surface area contributed by atoms with Crippen molar-refractivity contribution < 1.29 is 9.53 Å². The molecule has 1 fully saturated rings. The van der Waals surface area contributed by atoms with Crippen LogP contribution in [0.4, 0.5) is 0 Å². The fourth-order valence-electron chi connectivity index (χ4n) is 4.12. The first-order chi connectivity index (χ1) is 12.0. The molecule has 0 saturated heterocycles. The average molecular weight is 336 g/mol. The van der Waals surface area contributed by atoms with E-state index in [2.05, 4.69) is 18.7 Å². The number of nitrogens with zero attached hydrogens (tertiary/aromatic N) is 2. The van der Waals surface area contributed by atoms with E-state index in [0.717, 1.165) is 18.4 Å². The van der Waals surface area contributed by atoms with Crippen molar-refractivity contribution in [3.8, 4) is 17.9 Å². The third kappa shape index (κ3) is 3.30. The van der Waals surface area contributed by atoms with Gasteiger partial charge in [-0.25, -0.2) is 0 Å². The molecule has 0 aromatic heterocycles. The number of allylic oxidation sites excluding steroid dienone is 1. The van der Waals surface area contributed by atoms with Crippen molar-refractivity contribution in [2.24, 2.45) is 10.8 Å². The van der Waals surface area contributed by atoms with Gasteiger partial charge in [0.2, 0.25) is 0 Å². The van der Waals surface area contributed by atoms with E-state index in [1.54, 1.807) is 13.2 Å². The minimum Gasteiger partial charge on any atom is -0.497 e. The predicted molar refractivity (Wildman–Crippen MR) is 95.8 cm³/mol. The number of nitriles is 2. The van der Waals surface area contributed by atoms with Gasteiger partial charge in [-0.3, -0.25) is 4.79 Å². The number of ketones is 1. The highest BCUT2D eigenvalue weighted by atomic mass is 16.5. The maximum Gasteiger partial charge on any atom is 0.154 e. The topological polar surface area (TPSA) is 73.9 Å². The van der Waals surface area contributed by atoms with Gasteiger partial charge < -0.3 is 4.74 Å². The van der Waals surface area contributed by atoms with Gasteiger partial charge >= 0.3 is 0 Å². The third-order valence-electron chi connectivity index (χ3n) is 5.41. The molecule has 0 spiro atoms. The van der Waals surface area contributed by atoms with Crippen LogP contribution in [0.15, 0.2) is 36.9 Å². The smallest absolute Gasteiger partial charge is 0.154 e. The van der Waals surface area contributed by atoms with E-state index in [1.165, 1.54) is 0 Å². The van der Waals surface area contributed by atoms with Gasteiger partial charge in [-0.2, -0.15) is 10.5 Å². The Kier molecular flexibility index (Phi) is 5.65. The van der Waals surface area contributed by atoms with Crippen LogP contribution in [-0.2, 0) is 4.79 Å². The van der Waals surface area contributed by atoms with Crippen molar-refractivity contribution in [1.29, 1.82) is 10.5 Å². The van der Waals surface area contributed by atoms with Gasteiger partial charge in [0.1, 0.15) is 11.5 Å². The van der Waals surface area contributed by atoms with E-state index in [0.29, 0.717) is 18.6 Å². The highest BCUT2D eigenvalue weighted by molar-refractivity contribution is 5.86. The molecule has 1 aromatic carbocycles. The van der Waals surface area contributed by atoms with Gasteiger partial charge in [-0.15, -0.1) is 6.58 Å². The molecule has 1 saturated carbocycles. The number of hydrogen-bond acceptors (Lipinski definition) is 4. The molecule has 25 heavy (non-hydrogen) atoms. The molecule has 2 rings (SSSR count). The Hall–Kier alpha value is -2.59. The summed E-state index contributed by atoms with van der Waals surface area (Å²) in [5.41, 5.74) is -1.29. The number of carbonyl (C=O) groups excluding carboxylic acids is 1. The van der Waals surface area contributed by atoms with E-state index in [9.17, 15) is 15.3 Å². The molecule has 0 aliphatic heterocycles. The van der Waals surface area contributed by atoms with Crippen LogP contribution in [0.5, 0.6) is 5.75 Å². The van der Waals surface area contributed by atoms with Gasteiger partial charge in [0.05, 0.1) is 19.2 Å². The summed E-state index contributed by atoms with van der Waals surface area (Å²) < 4.78 is 5.32. The maximum atomic E-state index is 12.9. The lowest BCUT2D eigenvalue weighted by Gasteiger charge is -2.44. The summed E-state index contributed by atoms with van der Waals surface area (Å²) in [6.07, 6.45) is 4.77. The van der Waals surface area contributed by atoms with Gasteiger partial charge in [-0.1, -0.05) is 31.6 Å². The largest absolute Gasteiger partial charge is 0.497 e. The Labute approximate surface area is 149 Å². The van der Waals surface area contributed by atoms with Crippen LogP contribution >= 0.6 is 0 Å². The maximum absolute atomic E-state index is 12.9. The van der Waals surface area contributed by atoms with Crippen molar-refractivity contribution in [2.75, 3.05) is 7.11 Å². The zero-order chi connectivity index (χ0) is 18.5. The molecular weight excluding hydrogens is 312 g/mol. The van der Waals surface area contributed by atoms with Gasteiger partial charge in [0.15, 0.2) is 5.41 Å². The van der Waals surface area contributed by atoms with Crippen molar-refractivity contribution >= 4 is 5.78 Å². The van der Waals surface area contributed by atoms with Crippen LogP contribution in [0.3, 0.4) is 0 Å². The molecule has 1 aromatic rings. The van der Waals surface area contributed by atoms with E-state index in [1.807, 2.05) is 31.2 Å². The molecule has 1 aliphatic carbocycles. The van der Waals surface area contributed by atoms with Crippen LogP contribution in [0.25, 0.3) is 0 Å². The SMILES string of the molecule is C=CCC(C#N)(C#N)[C@@H](c1cccc(OC)c1)[C@@]1(C)CCCCC1=O. The summed E-state index contributed by atoms with van der Waals surface area (Å²) in [6, 6.07) is 11.8. The first kappa shape index (κ1) is 18.7. The molecule has 4 heteroatoms. The summed E-state index contributed by atoms with van der Waals surface area (Å²) in [6.45, 7) is 5.63. The Morgan fingerprint density at radius 2 is 2.12 bits per heavy atom. The van der Waals surface area contributed by atoms with Gasteiger partial charge in [0.25, 0.3) is 0 Å². The fraction of sp³-hybridized carbons (Fsp3) is 0.476. The number of hydrogen-bond donors (Lipinski definition) is 0. The quantitative estimate of drug-likeness (QED) is 0.715. The number of carbonyl (C=O) groups is 1. The second-order valence-electron chi connectivity index (χ2n) is 6.95. The number of ether oxygens (including phenoxy) is 1. The molecule has 2 atom stereocenters. The minimum atomic E-state index is -1.34. The highest BCUT2D eigenvalue weighted by Crippen LogP contribution is 2.54. The fourth-order valence-corrected chi connectivity index (χ4v) is 4.12. The Balaban J connectivity index is 2.71. The lowest BCUT2D eigenvalue weighted by Crippen LogP contribution is -2.44. The van der Waals surface area contributed by atoms with Crippen molar-refractivity contribution in [1.82, 2.24) is 0 Å². The molecule has 1 aliphatic rings. The Bertz CT molecular complexity index is 727. The normalized spacial score (nSPS) is 21.7. The number of Topliss-reactive ketones (excluding diaryl/α,β-unsaturated/α-hetero) is 1. The monoisotopic (exact) mass is 336 g/mol. The second kappa shape index (κ2) is 7.53. The molecule has 0 amide bonds. The van der Waals surface area contributed by atoms with Crippen molar-refractivity contribution in [3.05, 3.63) is 42.5 Å².